The minimum Gasteiger partial charge on any atom is -0.377 e. The van der Waals surface area contributed by atoms with Gasteiger partial charge in [-0.2, -0.15) is 0 Å². The smallest absolute Gasteiger partial charge is 0.152 e. The molecule has 0 amide bonds. The number of ether oxygens (including phenoxy) is 1. The second-order valence-electron chi connectivity index (χ2n) is 4.85. The summed E-state index contributed by atoms with van der Waals surface area (Å²) in [5, 5.41) is 0. The molecule has 5 nitrogen and oxygen atoms in total. The molecule has 19 heavy (non-hydrogen) atoms. The predicted molar refractivity (Wildman–Crippen MR) is 75.3 cm³/mol. The number of nitrogens with zero attached hydrogens (tertiary/aromatic N) is 3. The highest BCUT2D eigenvalue weighted by Gasteiger charge is 2.26. The van der Waals surface area contributed by atoms with Crippen LogP contribution >= 0.6 is 0 Å². The van der Waals surface area contributed by atoms with Crippen LogP contribution < -0.4 is 10.6 Å². The zero-order valence-corrected chi connectivity index (χ0v) is 11.2. The lowest BCUT2D eigenvalue weighted by Crippen LogP contribution is -2.45. The summed E-state index contributed by atoms with van der Waals surface area (Å²) in [5.74, 6) is 1.02. The number of hydrogen-bond acceptors (Lipinski definition) is 4. The molecule has 5 heteroatoms. The molecule has 1 fully saturated rings. The zero-order chi connectivity index (χ0) is 13.2. The Morgan fingerprint density at radius 2 is 2.37 bits per heavy atom. The van der Waals surface area contributed by atoms with Gasteiger partial charge in [0.15, 0.2) is 5.82 Å². The largest absolute Gasteiger partial charge is 0.377 e. The number of imidazole rings is 1. The standard InChI is InChI=1S/C14H20N4O/c1-2-11-10-19-8-7-17(11)14-12(9-15)18-6-4-3-5-13(18)16-14/h3-6,11H,2,7-10,15H2,1H3. The maximum absolute atomic E-state index is 5.94. The van der Waals surface area contributed by atoms with Crippen molar-refractivity contribution >= 4 is 11.5 Å². The predicted octanol–water partition coefficient (Wildman–Crippen LogP) is 1.41. The molecule has 2 aromatic rings. The molecule has 1 aliphatic rings. The van der Waals surface area contributed by atoms with Gasteiger partial charge in [-0.3, -0.25) is 0 Å². The first kappa shape index (κ1) is 12.4. The summed E-state index contributed by atoms with van der Waals surface area (Å²) in [5.41, 5.74) is 7.97. The van der Waals surface area contributed by atoms with Crippen molar-refractivity contribution in [2.75, 3.05) is 24.7 Å². The zero-order valence-electron chi connectivity index (χ0n) is 11.2. The van der Waals surface area contributed by atoms with Gasteiger partial charge in [-0.25, -0.2) is 4.98 Å². The van der Waals surface area contributed by atoms with Gasteiger partial charge in [0.2, 0.25) is 0 Å². The average Bonchev–Trinajstić information content (AvgIpc) is 2.85. The summed E-state index contributed by atoms with van der Waals surface area (Å²) in [6.07, 6.45) is 3.08. The number of hydrogen-bond donors (Lipinski definition) is 1. The second-order valence-corrected chi connectivity index (χ2v) is 4.85. The third-order valence-corrected chi connectivity index (χ3v) is 3.77. The van der Waals surface area contributed by atoms with Crippen LogP contribution in [0.5, 0.6) is 0 Å². The Morgan fingerprint density at radius 3 is 3.16 bits per heavy atom. The van der Waals surface area contributed by atoms with Crippen LogP contribution in [-0.4, -0.2) is 35.2 Å². The van der Waals surface area contributed by atoms with Crippen molar-refractivity contribution in [3.63, 3.8) is 0 Å². The van der Waals surface area contributed by atoms with Gasteiger partial charge in [0.05, 0.1) is 24.9 Å². The van der Waals surface area contributed by atoms with E-state index in [1.807, 2.05) is 24.4 Å². The Bertz CT molecular complexity index is 566. The SMILES string of the molecule is CCC1COCCN1c1nc2ccccn2c1CN. The molecule has 1 aliphatic heterocycles. The number of aromatic nitrogens is 2. The van der Waals surface area contributed by atoms with Crippen LogP contribution in [0.2, 0.25) is 0 Å². The number of rotatable bonds is 3. The lowest BCUT2D eigenvalue weighted by atomic mass is 10.1. The molecule has 0 aromatic carbocycles. The molecule has 1 atom stereocenters. The van der Waals surface area contributed by atoms with Crippen LogP contribution in [0.15, 0.2) is 24.4 Å². The number of pyridine rings is 1. The molecule has 0 saturated carbocycles. The lowest BCUT2D eigenvalue weighted by molar-refractivity contribution is 0.0925. The number of fused-ring (bicyclic) bond motifs is 1. The van der Waals surface area contributed by atoms with Crippen molar-refractivity contribution < 1.29 is 4.74 Å². The average molecular weight is 260 g/mol. The van der Waals surface area contributed by atoms with Crippen molar-refractivity contribution in [3.05, 3.63) is 30.1 Å². The molecule has 1 unspecified atom stereocenters. The minimum atomic E-state index is 0.393. The molecule has 0 aliphatic carbocycles. The number of morpholine rings is 1. The van der Waals surface area contributed by atoms with E-state index in [1.54, 1.807) is 0 Å². The fraction of sp³-hybridized carbons (Fsp3) is 0.500. The van der Waals surface area contributed by atoms with E-state index in [1.165, 1.54) is 0 Å². The quantitative estimate of drug-likeness (QED) is 0.906. The highest BCUT2D eigenvalue weighted by molar-refractivity contribution is 5.56. The Balaban J connectivity index is 2.07. The van der Waals surface area contributed by atoms with Crippen molar-refractivity contribution in [2.24, 2.45) is 5.73 Å². The van der Waals surface area contributed by atoms with Crippen molar-refractivity contribution in [2.45, 2.75) is 25.9 Å². The molecule has 2 aromatic heterocycles. The fourth-order valence-electron chi connectivity index (χ4n) is 2.73. The maximum Gasteiger partial charge on any atom is 0.152 e. The molecular formula is C14H20N4O. The Labute approximate surface area is 113 Å². The summed E-state index contributed by atoms with van der Waals surface area (Å²) in [7, 11) is 0. The highest BCUT2D eigenvalue weighted by atomic mass is 16.5. The van der Waals surface area contributed by atoms with Gasteiger partial charge in [0, 0.05) is 19.3 Å². The molecule has 3 heterocycles. The van der Waals surface area contributed by atoms with E-state index in [2.05, 4.69) is 16.2 Å². The summed E-state index contributed by atoms with van der Waals surface area (Å²) in [6, 6.07) is 6.42. The van der Waals surface area contributed by atoms with Gasteiger partial charge in [-0.15, -0.1) is 0 Å². The van der Waals surface area contributed by atoms with Gasteiger partial charge >= 0.3 is 0 Å². The van der Waals surface area contributed by atoms with E-state index in [0.717, 1.165) is 43.3 Å². The molecule has 3 rings (SSSR count). The van der Waals surface area contributed by atoms with Crippen LogP contribution in [0.1, 0.15) is 19.0 Å². The van der Waals surface area contributed by atoms with E-state index >= 15 is 0 Å². The van der Waals surface area contributed by atoms with Crippen LogP contribution in [-0.2, 0) is 11.3 Å². The molecule has 102 valence electrons. The van der Waals surface area contributed by atoms with Crippen LogP contribution in [0.3, 0.4) is 0 Å². The van der Waals surface area contributed by atoms with E-state index in [-0.39, 0.29) is 0 Å². The van der Waals surface area contributed by atoms with Gasteiger partial charge in [-0.05, 0) is 18.6 Å². The normalized spacial score (nSPS) is 20.1. The van der Waals surface area contributed by atoms with Gasteiger partial charge < -0.3 is 19.8 Å². The van der Waals surface area contributed by atoms with Crippen LogP contribution in [0.4, 0.5) is 5.82 Å². The summed E-state index contributed by atoms with van der Waals surface area (Å²) >= 11 is 0. The van der Waals surface area contributed by atoms with Crippen molar-refractivity contribution in [1.29, 1.82) is 0 Å². The molecule has 2 N–H and O–H groups in total. The Kier molecular flexibility index (Phi) is 3.40. The van der Waals surface area contributed by atoms with Gasteiger partial charge in [0.25, 0.3) is 0 Å². The van der Waals surface area contributed by atoms with E-state index in [4.69, 9.17) is 15.5 Å². The fourth-order valence-corrected chi connectivity index (χ4v) is 2.73. The first-order valence-electron chi connectivity index (χ1n) is 6.85. The highest BCUT2D eigenvalue weighted by Crippen LogP contribution is 2.25. The maximum atomic E-state index is 5.94. The van der Waals surface area contributed by atoms with Gasteiger partial charge in [-0.1, -0.05) is 13.0 Å². The third kappa shape index (κ3) is 2.09. The van der Waals surface area contributed by atoms with E-state index in [0.29, 0.717) is 12.6 Å². The molecule has 0 spiro atoms. The molecular weight excluding hydrogens is 240 g/mol. The topological polar surface area (TPSA) is 55.8 Å². The monoisotopic (exact) mass is 260 g/mol. The lowest BCUT2D eigenvalue weighted by Gasteiger charge is -2.35. The molecule has 0 bridgehead atoms. The number of anilines is 1. The van der Waals surface area contributed by atoms with E-state index < -0.39 is 0 Å². The van der Waals surface area contributed by atoms with Crippen LogP contribution in [0, 0.1) is 0 Å². The summed E-state index contributed by atoms with van der Waals surface area (Å²) in [6.45, 7) is 5.09. The summed E-state index contributed by atoms with van der Waals surface area (Å²) < 4.78 is 7.65. The van der Waals surface area contributed by atoms with Crippen molar-refractivity contribution in [3.8, 4) is 0 Å². The molecule has 0 radical (unpaired) electrons. The first-order chi connectivity index (χ1) is 9.35. The summed E-state index contributed by atoms with van der Waals surface area (Å²) in [4.78, 5) is 7.10. The minimum absolute atomic E-state index is 0.393. The van der Waals surface area contributed by atoms with E-state index in [9.17, 15) is 0 Å². The third-order valence-electron chi connectivity index (χ3n) is 3.77. The second kappa shape index (κ2) is 5.19. The first-order valence-corrected chi connectivity index (χ1v) is 6.85. The van der Waals surface area contributed by atoms with Crippen LogP contribution in [0.25, 0.3) is 5.65 Å². The Morgan fingerprint density at radius 1 is 1.47 bits per heavy atom. The van der Waals surface area contributed by atoms with Crippen molar-refractivity contribution in [1.82, 2.24) is 9.38 Å². The number of nitrogens with two attached hydrogens (primary N) is 1. The molecule has 1 saturated heterocycles. The van der Waals surface area contributed by atoms with Gasteiger partial charge in [0.1, 0.15) is 5.65 Å². The Hall–Kier alpha value is -1.59.